The van der Waals surface area contributed by atoms with Crippen molar-refractivity contribution in [3.8, 4) is 0 Å². The van der Waals surface area contributed by atoms with E-state index in [4.69, 9.17) is 4.42 Å². The van der Waals surface area contributed by atoms with Crippen molar-refractivity contribution < 1.29 is 9.21 Å². The number of nitrogens with zero attached hydrogens (tertiary/aromatic N) is 4. The van der Waals surface area contributed by atoms with Gasteiger partial charge in [-0.05, 0) is 43.2 Å². The highest BCUT2D eigenvalue weighted by Gasteiger charge is 2.38. The molecule has 1 fully saturated rings. The highest BCUT2D eigenvalue weighted by molar-refractivity contribution is 7.97. The summed E-state index contributed by atoms with van der Waals surface area (Å²) in [6.45, 7) is 2.19. The lowest BCUT2D eigenvalue weighted by molar-refractivity contribution is 0.0907. The normalized spacial score (nSPS) is 21.6. The van der Waals surface area contributed by atoms with Gasteiger partial charge in [-0.2, -0.15) is 11.8 Å². The maximum absolute atomic E-state index is 12.7. The Morgan fingerprint density at radius 1 is 1.33 bits per heavy atom. The molecule has 0 unspecified atom stereocenters. The number of fused-ring (bicyclic) bond motifs is 3. The lowest BCUT2D eigenvalue weighted by atomic mass is 9.93. The molecule has 0 spiro atoms. The van der Waals surface area contributed by atoms with Crippen molar-refractivity contribution in [1.82, 2.24) is 29.9 Å². The zero-order valence-electron chi connectivity index (χ0n) is 17.0. The fourth-order valence-electron chi connectivity index (χ4n) is 4.62. The number of amides is 1. The van der Waals surface area contributed by atoms with Crippen LogP contribution in [0, 0.1) is 5.92 Å². The van der Waals surface area contributed by atoms with Crippen molar-refractivity contribution in [1.29, 1.82) is 0 Å². The zero-order chi connectivity index (χ0) is 20.7. The number of carbonyl (C=O) groups excluding carboxylic acids is 1. The van der Waals surface area contributed by atoms with E-state index in [1.807, 2.05) is 24.6 Å². The molecule has 1 aliphatic rings. The Hall–Kier alpha value is -2.81. The van der Waals surface area contributed by atoms with Crippen LogP contribution in [-0.2, 0) is 5.75 Å². The van der Waals surface area contributed by atoms with E-state index in [9.17, 15) is 4.79 Å². The van der Waals surface area contributed by atoms with E-state index >= 15 is 0 Å². The van der Waals surface area contributed by atoms with Crippen LogP contribution in [0.2, 0.25) is 0 Å². The number of rotatable bonds is 6. The number of nitrogens with one attached hydrogen (secondary N) is 2. The average molecular weight is 425 g/mol. The summed E-state index contributed by atoms with van der Waals surface area (Å²) in [6, 6.07) is 5.71. The fraction of sp³-hybridized carbons (Fsp3) is 0.429. The summed E-state index contributed by atoms with van der Waals surface area (Å²) >= 11 is 1.67. The van der Waals surface area contributed by atoms with Gasteiger partial charge in [0.05, 0.1) is 17.5 Å². The summed E-state index contributed by atoms with van der Waals surface area (Å²) in [5, 5.41) is 12.0. The lowest BCUT2D eigenvalue weighted by Crippen LogP contribution is -2.32. The molecule has 8 nitrogen and oxygen atoms in total. The van der Waals surface area contributed by atoms with Gasteiger partial charge in [-0.3, -0.25) is 9.20 Å². The molecular weight excluding hydrogens is 400 g/mol. The molecule has 0 aromatic carbocycles. The molecule has 3 atom stereocenters. The summed E-state index contributed by atoms with van der Waals surface area (Å²) in [5.41, 5.74) is 2.54. The van der Waals surface area contributed by atoms with Gasteiger partial charge >= 0.3 is 0 Å². The molecule has 1 saturated carbocycles. The van der Waals surface area contributed by atoms with Crippen LogP contribution >= 0.6 is 11.8 Å². The number of furan rings is 1. The second-order valence-corrected chi connectivity index (χ2v) is 8.70. The molecule has 0 aliphatic heterocycles. The van der Waals surface area contributed by atoms with Gasteiger partial charge in [-0.1, -0.05) is 13.3 Å². The van der Waals surface area contributed by atoms with E-state index in [0.29, 0.717) is 11.7 Å². The first-order chi connectivity index (χ1) is 14.7. The van der Waals surface area contributed by atoms with Gasteiger partial charge in [0.2, 0.25) is 0 Å². The van der Waals surface area contributed by atoms with Gasteiger partial charge in [-0.25, -0.2) is 4.98 Å². The van der Waals surface area contributed by atoms with Crippen molar-refractivity contribution in [3.05, 3.63) is 47.9 Å². The SMILES string of the molecule is CC[C@@H]1C[C@H](NC(=O)c2ccc(CSC)o2)C[C@@H]1c1nnc2cnc3[nH]ccc3n12. The van der Waals surface area contributed by atoms with Crippen LogP contribution in [0.1, 0.15) is 54.2 Å². The minimum atomic E-state index is -0.147. The average Bonchev–Trinajstić information content (AvgIpc) is 3.51. The fourth-order valence-corrected chi connectivity index (χ4v) is 5.06. The molecule has 4 aromatic rings. The molecule has 30 heavy (non-hydrogen) atoms. The van der Waals surface area contributed by atoms with Crippen molar-refractivity contribution in [2.75, 3.05) is 6.26 Å². The molecule has 4 aromatic heterocycles. The van der Waals surface area contributed by atoms with E-state index in [-0.39, 0.29) is 17.9 Å². The predicted molar refractivity (Wildman–Crippen MR) is 116 cm³/mol. The number of aromatic amines is 1. The van der Waals surface area contributed by atoms with Crippen molar-refractivity contribution >= 4 is 34.5 Å². The molecule has 2 N–H and O–H groups in total. The van der Waals surface area contributed by atoms with E-state index in [2.05, 4.69) is 36.8 Å². The molecule has 0 bridgehead atoms. The zero-order valence-corrected chi connectivity index (χ0v) is 17.8. The quantitative estimate of drug-likeness (QED) is 0.489. The minimum absolute atomic E-state index is 0.0810. The molecule has 1 amide bonds. The Morgan fingerprint density at radius 3 is 3.07 bits per heavy atom. The summed E-state index contributed by atoms with van der Waals surface area (Å²) in [5.74, 6) is 3.41. The van der Waals surface area contributed by atoms with Crippen molar-refractivity contribution in [3.63, 3.8) is 0 Å². The van der Waals surface area contributed by atoms with Gasteiger partial charge in [-0.15, -0.1) is 10.2 Å². The summed E-state index contributed by atoms with van der Waals surface area (Å²) in [6.07, 6.45) is 8.40. The predicted octanol–water partition coefficient (Wildman–Crippen LogP) is 3.76. The first-order valence-electron chi connectivity index (χ1n) is 10.2. The molecule has 9 heteroatoms. The van der Waals surface area contributed by atoms with Crippen molar-refractivity contribution in [2.45, 2.75) is 43.9 Å². The van der Waals surface area contributed by atoms with Gasteiger partial charge in [0.15, 0.2) is 17.1 Å². The number of H-pyrrole nitrogens is 1. The van der Waals surface area contributed by atoms with Gasteiger partial charge in [0.1, 0.15) is 11.6 Å². The largest absolute Gasteiger partial charge is 0.455 e. The van der Waals surface area contributed by atoms with E-state index in [1.54, 1.807) is 24.0 Å². The second-order valence-electron chi connectivity index (χ2n) is 7.84. The highest BCUT2D eigenvalue weighted by Crippen LogP contribution is 2.41. The smallest absolute Gasteiger partial charge is 0.287 e. The van der Waals surface area contributed by atoms with Crippen LogP contribution in [-0.4, -0.2) is 42.8 Å². The van der Waals surface area contributed by atoms with Gasteiger partial charge in [0.25, 0.3) is 5.91 Å². The Labute approximate surface area is 177 Å². The lowest BCUT2D eigenvalue weighted by Gasteiger charge is -2.15. The number of hydrogen-bond donors (Lipinski definition) is 2. The summed E-state index contributed by atoms with van der Waals surface area (Å²) in [7, 11) is 0. The molecule has 4 heterocycles. The van der Waals surface area contributed by atoms with Crippen LogP contribution < -0.4 is 5.32 Å². The van der Waals surface area contributed by atoms with Crippen LogP contribution in [0.15, 0.2) is 35.0 Å². The number of aromatic nitrogens is 5. The molecular formula is C21H24N6O2S. The van der Waals surface area contributed by atoms with E-state index in [1.165, 1.54) is 0 Å². The topological polar surface area (TPSA) is 101 Å². The van der Waals surface area contributed by atoms with Gasteiger partial charge < -0.3 is 14.7 Å². The third kappa shape index (κ3) is 3.27. The second kappa shape index (κ2) is 7.79. The van der Waals surface area contributed by atoms with Crippen LogP contribution in [0.5, 0.6) is 0 Å². The number of thioether (sulfide) groups is 1. The first-order valence-corrected chi connectivity index (χ1v) is 11.6. The number of carbonyl (C=O) groups is 1. The standard InChI is InChI=1S/C21H24N6O2S/c1-3-12-8-13(24-21(28)17-5-4-14(29-17)11-30-2)9-15(12)20-26-25-18-10-23-19-16(27(18)20)6-7-22-19/h4-7,10,12-13,15,22H,3,8-9,11H2,1-2H3,(H,24,28)/t12-,13+,15+/m1/s1. The van der Waals surface area contributed by atoms with E-state index in [0.717, 1.165) is 53.4 Å². The molecule has 0 radical (unpaired) electrons. The summed E-state index contributed by atoms with van der Waals surface area (Å²) in [4.78, 5) is 20.3. The van der Waals surface area contributed by atoms with Crippen LogP contribution in [0.4, 0.5) is 0 Å². The van der Waals surface area contributed by atoms with Crippen LogP contribution in [0.3, 0.4) is 0 Å². The first kappa shape index (κ1) is 19.2. The maximum atomic E-state index is 12.7. The maximum Gasteiger partial charge on any atom is 0.287 e. The Balaban J connectivity index is 1.39. The van der Waals surface area contributed by atoms with Crippen LogP contribution in [0.25, 0.3) is 16.8 Å². The van der Waals surface area contributed by atoms with E-state index < -0.39 is 0 Å². The Bertz CT molecular complexity index is 1190. The third-order valence-corrected chi connectivity index (χ3v) is 6.60. The molecule has 0 saturated heterocycles. The van der Waals surface area contributed by atoms with Gasteiger partial charge in [0, 0.05) is 18.2 Å². The number of hydrogen-bond acceptors (Lipinski definition) is 6. The molecule has 1 aliphatic carbocycles. The van der Waals surface area contributed by atoms with Crippen molar-refractivity contribution in [2.24, 2.45) is 5.92 Å². The highest BCUT2D eigenvalue weighted by atomic mass is 32.2. The Kier molecular flexibility index (Phi) is 4.98. The Morgan fingerprint density at radius 2 is 2.23 bits per heavy atom. The minimum Gasteiger partial charge on any atom is -0.455 e. The molecule has 5 rings (SSSR count). The summed E-state index contributed by atoms with van der Waals surface area (Å²) < 4.78 is 7.77. The molecule has 156 valence electrons. The third-order valence-electron chi connectivity index (χ3n) is 6.03. The monoisotopic (exact) mass is 424 g/mol.